The zero-order valence-corrected chi connectivity index (χ0v) is 10.6. The Morgan fingerprint density at radius 1 is 1.67 bits per heavy atom. The maximum absolute atomic E-state index is 11.8. The van der Waals surface area contributed by atoms with Crippen LogP contribution in [0, 0.1) is 5.92 Å². The van der Waals surface area contributed by atoms with E-state index in [1.807, 2.05) is 6.92 Å². The molecular weight excluding hydrogens is 232 g/mol. The van der Waals surface area contributed by atoms with Crippen molar-refractivity contribution < 1.29 is 9.53 Å². The van der Waals surface area contributed by atoms with Crippen LogP contribution in [-0.4, -0.2) is 34.9 Å². The van der Waals surface area contributed by atoms with Crippen LogP contribution in [0.3, 0.4) is 0 Å². The molecule has 1 atom stereocenters. The Labute approximate surface area is 106 Å². The summed E-state index contributed by atoms with van der Waals surface area (Å²) in [6, 6.07) is 1.85. The number of nitrogens with zero attached hydrogens (tertiary/aromatic N) is 2. The third-order valence-electron chi connectivity index (χ3n) is 3.33. The summed E-state index contributed by atoms with van der Waals surface area (Å²) in [6.07, 6.45) is 3.72. The number of hydrogen-bond donors (Lipinski definition) is 2. The van der Waals surface area contributed by atoms with E-state index in [1.54, 1.807) is 16.9 Å². The van der Waals surface area contributed by atoms with E-state index >= 15 is 0 Å². The van der Waals surface area contributed by atoms with E-state index in [1.165, 1.54) is 0 Å². The number of amides is 1. The van der Waals surface area contributed by atoms with Crippen molar-refractivity contribution in [3.63, 3.8) is 0 Å². The Morgan fingerprint density at radius 3 is 3.00 bits per heavy atom. The minimum atomic E-state index is -0.0305. The first kappa shape index (κ1) is 12.9. The molecule has 0 aromatic carbocycles. The smallest absolute Gasteiger partial charge is 0.241 e. The summed E-state index contributed by atoms with van der Waals surface area (Å²) < 4.78 is 6.86. The highest BCUT2D eigenvalue weighted by Crippen LogP contribution is 2.18. The molecule has 6 nitrogen and oxygen atoms in total. The molecule has 3 N–H and O–H groups in total. The number of rotatable bonds is 4. The van der Waals surface area contributed by atoms with E-state index in [4.69, 9.17) is 10.5 Å². The van der Waals surface area contributed by atoms with Crippen molar-refractivity contribution in [2.75, 3.05) is 18.9 Å². The minimum absolute atomic E-state index is 0.0305. The first-order valence-corrected chi connectivity index (χ1v) is 6.31. The third-order valence-corrected chi connectivity index (χ3v) is 3.33. The lowest BCUT2D eigenvalue weighted by Gasteiger charge is -2.28. The second kappa shape index (κ2) is 5.86. The first-order chi connectivity index (χ1) is 8.65. The maximum atomic E-state index is 11.8. The molecule has 1 saturated heterocycles. The van der Waals surface area contributed by atoms with E-state index in [0.717, 1.165) is 26.1 Å². The lowest BCUT2D eigenvalue weighted by molar-refractivity contribution is -0.123. The van der Waals surface area contributed by atoms with Gasteiger partial charge in [0.15, 0.2) is 0 Å². The number of ether oxygens (including phenoxy) is 1. The van der Waals surface area contributed by atoms with E-state index < -0.39 is 0 Å². The first-order valence-electron chi connectivity index (χ1n) is 6.31. The van der Waals surface area contributed by atoms with Gasteiger partial charge in [-0.25, -0.2) is 0 Å². The number of carbonyl (C=O) groups is 1. The fourth-order valence-corrected chi connectivity index (χ4v) is 2.25. The molecular formula is C12H20N4O2. The Bertz CT molecular complexity index is 399. The normalized spacial score (nSPS) is 18.5. The zero-order chi connectivity index (χ0) is 13.0. The fraction of sp³-hybridized carbons (Fsp3) is 0.667. The Hall–Kier alpha value is -1.56. The van der Waals surface area contributed by atoms with Crippen LogP contribution in [0.2, 0.25) is 0 Å². The van der Waals surface area contributed by atoms with Gasteiger partial charge in [-0.3, -0.25) is 9.48 Å². The molecule has 0 aliphatic carbocycles. The van der Waals surface area contributed by atoms with Crippen molar-refractivity contribution in [1.82, 2.24) is 15.1 Å². The van der Waals surface area contributed by atoms with Crippen molar-refractivity contribution in [1.29, 1.82) is 0 Å². The highest BCUT2D eigenvalue weighted by Gasteiger charge is 2.21. The molecule has 1 amide bonds. The predicted molar refractivity (Wildman–Crippen MR) is 67.8 cm³/mol. The molecule has 0 bridgehead atoms. The SMILES string of the molecule is CC(NC(=O)Cn1ccc(N)n1)C1CCOCC1. The molecule has 1 fully saturated rings. The molecule has 1 aliphatic heterocycles. The molecule has 1 unspecified atom stereocenters. The van der Waals surface area contributed by atoms with Gasteiger partial charge >= 0.3 is 0 Å². The summed E-state index contributed by atoms with van der Waals surface area (Å²) in [7, 11) is 0. The van der Waals surface area contributed by atoms with Gasteiger partial charge in [0.1, 0.15) is 12.4 Å². The van der Waals surface area contributed by atoms with E-state index in [0.29, 0.717) is 11.7 Å². The Balaban J connectivity index is 1.79. The number of aromatic nitrogens is 2. The molecule has 1 aromatic heterocycles. The molecule has 1 aliphatic rings. The lowest BCUT2D eigenvalue weighted by atomic mass is 9.93. The van der Waals surface area contributed by atoms with E-state index in [2.05, 4.69) is 10.4 Å². The van der Waals surface area contributed by atoms with Crippen LogP contribution in [0.15, 0.2) is 12.3 Å². The van der Waals surface area contributed by atoms with Gasteiger partial charge in [0, 0.05) is 25.5 Å². The third kappa shape index (κ3) is 3.46. The summed E-state index contributed by atoms with van der Waals surface area (Å²) >= 11 is 0. The Kier molecular flexibility index (Phi) is 4.19. The molecule has 100 valence electrons. The van der Waals surface area contributed by atoms with Crippen molar-refractivity contribution in [3.05, 3.63) is 12.3 Å². The number of nitrogens with two attached hydrogens (primary N) is 1. The summed E-state index contributed by atoms with van der Waals surface area (Å²) in [5.74, 6) is 0.905. The highest BCUT2D eigenvalue weighted by molar-refractivity contribution is 5.76. The topological polar surface area (TPSA) is 82.2 Å². The van der Waals surface area contributed by atoms with Gasteiger partial charge in [0.2, 0.25) is 5.91 Å². The van der Waals surface area contributed by atoms with Gasteiger partial charge in [0.25, 0.3) is 0 Å². The highest BCUT2D eigenvalue weighted by atomic mass is 16.5. The molecule has 1 aromatic rings. The fourth-order valence-electron chi connectivity index (χ4n) is 2.25. The van der Waals surface area contributed by atoms with Gasteiger partial charge in [-0.1, -0.05) is 0 Å². The van der Waals surface area contributed by atoms with Gasteiger partial charge in [-0.15, -0.1) is 0 Å². The number of hydrogen-bond acceptors (Lipinski definition) is 4. The molecule has 2 heterocycles. The maximum Gasteiger partial charge on any atom is 0.241 e. The molecule has 6 heteroatoms. The average molecular weight is 252 g/mol. The Morgan fingerprint density at radius 2 is 2.39 bits per heavy atom. The van der Waals surface area contributed by atoms with Crippen molar-refractivity contribution >= 4 is 11.7 Å². The second-order valence-corrected chi connectivity index (χ2v) is 4.74. The van der Waals surface area contributed by atoms with Gasteiger partial charge in [-0.05, 0) is 31.7 Å². The number of carbonyl (C=O) groups excluding carboxylic acids is 1. The molecule has 2 rings (SSSR count). The zero-order valence-electron chi connectivity index (χ0n) is 10.6. The number of nitrogens with one attached hydrogen (secondary N) is 1. The summed E-state index contributed by atoms with van der Waals surface area (Å²) in [5.41, 5.74) is 5.49. The van der Waals surface area contributed by atoms with Crippen LogP contribution < -0.4 is 11.1 Å². The predicted octanol–water partition coefficient (Wildman–Crippen LogP) is 0.397. The minimum Gasteiger partial charge on any atom is -0.382 e. The molecule has 0 spiro atoms. The molecule has 0 saturated carbocycles. The lowest BCUT2D eigenvalue weighted by Crippen LogP contribution is -2.41. The van der Waals surface area contributed by atoms with Gasteiger partial charge in [0.05, 0.1) is 0 Å². The van der Waals surface area contributed by atoms with Crippen LogP contribution in [0.25, 0.3) is 0 Å². The van der Waals surface area contributed by atoms with Crippen LogP contribution >= 0.6 is 0 Å². The van der Waals surface area contributed by atoms with E-state index in [-0.39, 0.29) is 18.5 Å². The number of nitrogen functional groups attached to an aromatic ring is 1. The van der Waals surface area contributed by atoms with Gasteiger partial charge in [-0.2, -0.15) is 5.10 Å². The average Bonchev–Trinajstić information content (AvgIpc) is 2.75. The van der Waals surface area contributed by atoms with Crippen LogP contribution in [-0.2, 0) is 16.1 Å². The van der Waals surface area contributed by atoms with Crippen molar-refractivity contribution in [3.8, 4) is 0 Å². The monoisotopic (exact) mass is 252 g/mol. The van der Waals surface area contributed by atoms with Crippen molar-refractivity contribution in [2.45, 2.75) is 32.4 Å². The van der Waals surface area contributed by atoms with Crippen LogP contribution in [0.4, 0.5) is 5.82 Å². The quantitative estimate of drug-likeness (QED) is 0.812. The van der Waals surface area contributed by atoms with E-state index in [9.17, 15) is 4.79 Å². The number of anilines is 1. The van der Waals surface area contributed by atoms with Crippen LogP contribution in [0.1, 0.15) is 19.8 Å². The van der Waals surface area contributed by atoms with Gasteiger partial charge < -0.3 is 15.8 Å². The van der Waals surface area contributed by atoms with Crippen molar-refractivity contribution in [2.24, 2.45) is 5.92 Å². The summed E-state index contributed by atoms with van der Waals surface area (Å²) in [5, 5.41) is 7.00. The molecule has 18 heavy (non-hydrogen) atoms. The summed E-state index contributed by atoms with van der Waals surface area (Å²) in [6.45, 7) is 3.84. The molecule has 0 radical (unpaired) electrons. The second-order valence-electron chi connectivity index (χ2n) is 4.74. The summed E-state index contributed by atoms with van der Waals surface area (Å²) in [4.78, 5) is 11.8. The largest absolute Gasteiger partial charge is 0.382 e. The standard InChI is InChI=1S/C12H20N4O2/c1-9(10-3-6-18-7-4-10)14-12(17)8-16-5-2-11(13)15-16/h2,5,9-10H,3-4,6-8H2,1H3,(H2,13,15)(H,14,17). The van der Waals surface area contributed by atoms with Crippen LogP contribution in [0.5, 0.6) is 0 Å².